The number of benzene rings is 3. The molecular weight excluding hydrogens is 528 g/mol. The second kappa shape index (κ2) is 11.6. The van der Waals surface area contributed by atoms with E-state index in [2.05, 4.69) is 0 Å². The molecule has 204 valence electrons. The van der Waals surface area contributed by atoms with E-state index in [1.807, 2.05) is 55.5 Å². The Morgan fingerprint density at radius 2 is 1.85 bits per heavy atom. The average Bonchev–Trinajstić information content (AvgIpc) is 3.28. The number of rotatable bonds is 8. The van der Waals surface area contributed by atoms with E-state index in [9.17, 15) is 14.7 Å². The van der Waals surface area contributed by atoms with Crippen LogP contribution in [-0.2, 0) is 9.53 Å². The molecule has 3 aromatic carbocycles. The number of hydrogen-bond donors (Lipinski definition) is 1. The predicted octanol–water partition coefficient (Wildman–Crippen LogP) is 4.05. The molecule has 0 aliphatic carbocycles. The maximum absolute atomic E-state index is 14.0. The van der Waals surface area contributed by atoms with E-state index >= 15 is 0 Å². The molecule has 0 radical (unpaired) electrons. The molecule has 1 atom stereocenters. The molecule has 1 aromatic heterocycles. The largest absolute Gasteiger partial charge is 0.504 e. The highest BCUT2D eigenvalue weighted by Crippen LogP contribution is 2.36. The molecule has 1 aliphatic heterocycles. The highest BCUT2D eigenvalue weighted by atomic mass is 32.1. The molecule has 0 bridgehead atoms. The topological polar surface area (TPSA) is 99.4 Å². The lowest BCUT2D eigenvalue weighted by Gasteiger charge is -2.26. The number of carbonyl (C=O) groups excluding carboxylic acids is 1. The van der Waals surface area contributed by atoms with Crippen molar-refractivity contribution in [3.05, 3.63) is 115 Å². The van der Waals surface area contributed by atoms with Crippen LogP contribution >= 0.6 is 11.3 Å². The van der Waals surface area contributed by atoms with Gasteiger partial charge in [-0.3, -0.25) is 9.36 Å². The van der Waals surface area contributed by atoms with Crippen LogP contribution in [-0.4, -0.2) is 36.0 Å². The Hall–Kier alpha value is -4.63. The van der Waals surface area contributed by atoms with Gasteiger partial charge in [0.05, 0.1) is 42.2 Å². The summed E-state index contributed by atoms with van der Waals surface area (Å²) in [4.78, 5) is 32.8. The Morgan fingerprint density at radius 3 is 2.58 bits per heavy atom. The second-order valence-electron chi connectivity index (χ2n) is 8.87. The lowest BCUT2D eigenvalue weighted by molar-refractivity contribution is -0.138. The molecular formula is C31H28N2O6S. The molecule has 0 saturated heterocycles. The molecule has 8 nitrogen and oxygen atoms in total. The maximum Gasteiger partial charge on any atom is 0.338 e. The first-order valence-corrected chi connectivity index (χ1v) is 13.6. The number of phenols is 1. The van der Waals surface area contributed by atoms with Crippen LogP contribution in [0.5, 0.6) is 17.2 Å². The van der Waals surface area contributed by atoms with Crippen molar-refractivity contribution in [1.29, 1.82) is 0 Å². The Morgan fingerprint density at radius 1 is 1.05 bits per heavy atom. The van der Waals surface area contributed by atoms with E-state index in [-0.39, 0.29) is 23.5 Å². The first-order chi connectivity index (χ1) is 19.4. The fourth-order valence-corrected chi connectivity index (χ4v) is 5.61. The maximum atomic E-state index is 14.0. The highest BCUT2D eigenvalue weighted by molar-refractivity contribution is 7.07. The smallest absolute Gasteiger partial charge is 0.338 e. The van der Waals surface area contributed by atoms with Crippen molar-refractivity contribution in [1.82, 2.24) is 4.57 Å². The summed E-state index contributed by atoms with van der Waals surface area (Å²) in [6.07, 6.45) is 1.73. The quantitative estimate of drug-likeness (QED) is 0.329. The van der Waals surface area contributed by atoms with Gasteiger partial charge in [0.15, 0.2) is 16.3 Å². The summed E-state index contributed by atoms with van der Waals surface area (Å²) in [7, 11) is 1.57. The van der Waals surface area contributed by atoms with Crippen LogP contribution in [0.3, 0.4) is 0 Å². The van der Waals surface area contributed by atoms with E-state index < -0.39 is 12.0 Å². The van der Waals surface area contributed by atoms with Gasteiger partial charge in [-0.1, -0.05) is 59.9 Å². The van der Waals surface area contributed by atoms with Gasteiger partial charge in [-0.25, -0.2) is 9.79 Å². The lowest BCUT2D eigenvalue weighted by atomic mass is 9.93. The fraction of sp³-hybridized carbons (Fsp3) is 0.194. The third-order valence-electron chi connectivity index (χ3n) is 6.36. The number of hydrogen-bond acceptors (Lipinski definition) is 8. The van der Waals surface area contributed by atoms with Crippen molar-refractivity contribution < 1.29 is 24.1 Å². The molecule has 0 unspecified atom stereocenters. The number of nitrogens with zero attached hydrogens (tertiary/aromatic N) is 2. The summed E-state index contributed by atoms with van der Waals surface area (Å²) in [5, 5.41) is 10.1. The Kier molecular flexibility index (Phi) is 7.84. The summed E-state index contributed by atoms with van der Waals surface area (Å²) in [6.45, 7) is 4.13. The number of carbonyl (C=O) groups is 1. The van der Waals surface area contributed by atoms with Gasteiger partial charge in [-0.15, -0.1) is 0 Å². The standard InChI is InChI=1S/C31H28N2O6S/c1-4-38-24-16-19(14-15-23(24)34)17-25-29(35)33-28(21-12-9-13-22(18-21)37-3)26(30(36)39-5-2)27(32-31(33)40-25)20-10-7-6-8-11-20/h6-18,28,34H,4-5H2,1-3H3/b25-17-/t28-/m1/s1. The minimum Gasteiger partial charge on any atom is -0.504 e. The molecule has 40 heavy (non-hydrogen) atoms. The van der Waals surface area contributed by atoms with Crippen LogP contribution in [0.15, 0.2) is 88.2 Å². The van der Waals surface area contributed by atoms with E-state index in [4.69, 9.17) is 19.2 Å². The minimum absolute atomic E-state index is 0.0186. The van der Waals surface area contributed by atoms with Gasteiger partial charge in [0.25, 0.3) is 5.56 Å². The van der Waals surface area contributed by atoms with Gasteiger partial charge < -0.3 is 19.3 Å². The van der Waals surface area contributed by atoms with Crippen LogP contribution in [0.1, 0.15) is 36.6 Å². The zero-order valence-electron chi connectivity index (χ0n) is 22.3. The van der Waals surface area contributed by atoms with E-state index in [0.717, 1.165) is 5.56 Å². The summed E-state index contributed by atoms with van der Waals surface area (Å²) in [5.74, 6) is 0.389. The molecule has 1 aliphatic rings. The van der Waals surface area contributed by atoms with Crippen LogP contribution < -0.4 is 24.4 Å². The average molecular weight is 557 g/mol. The van der Waals surface area contributed by atoms with Gasteiger partial charge >= 0.3 is 5.97 Å². The number of methoxy groups -OCH3 is 1. The number of aromatic nitrogens is 1. The molecule has 4 aromatic rings. The molecule has 0 spiro atoms. The van der Waals surface area contributed by atoms with Crippen molar-refractivity contribution in [2.75, 3.05) is 20.3 Å². The Balaban J connectivity index is 1.80. The number of fused-ring (bicyclic) bond motifs is 1. The van der Waals surface area contributed by atoms with Crippen LogP contribution in [0.25, 0.3) is 11.8 Å². The molecule has 0 amide bonds. The number of esters is 1. The Labute approximate surface area is 234 Å². The van der Waals surface area contributed by atoms with Gasteiger partial charge in [0.2, 0.25) is 0 Å². The first kappa shape index (κ1) is 27.0. The van der Waals surface area contributed by atoms with Crippen LogP contribution in [0.4, 0.5) is 0 Å². The predicted molar refractivity (Wildman–Crippen MR) is 153 cm³/mol. The number of ether oxygens (including phenoxy) is 3. The zero-order chi connectivity index (χ0) is 28.2. The summed E-state index contributed by atoms with van der Waals surface area (Å²) < 4.78 is 18.4. The number of phenolic OH excluding ortho intramolecular Hbond substituents is 1. The van der Waals surface area contributed by atoms with Gasteiger partial charge in [-0.05, 0) is 55.3 Å². The summed E-state index contributed by atoms with van der Waals surface area (Å²) in [5.41, 5.74) is 2.50. The van der Waals surface area contributed by atoms with E-state index in [1.165, 1.54) is 22.0 Å². The zero-order valence-corrected chi connectivity index (χ0v) is 23.1. The van der Waals surface area contributed by atoms with Crippen molar-refractivity contribution in [2.24, 2.45) is 4.99 Å². The normalized spacial score (nSPS) is 14.9. The summed E-state index contributed by atoms with van der Waals surface area (Å²) in [6, 6.07) is 20.8. The number of thiazole rings is 1. The third kappa shape index (κ3) is 5.15. The van der Waals surface area contributed by atoms with Crippen molar-refractivity contribution in [2.45, 2.75) is 19.9 Å². The monoisotopic (exact) mass is 556 g/mol. The van der Waals surface area contributed by atoms with Crippen LogP contribution in [0, 0.1) is 0 Å². The summed E-state index contributed by atoms with van der Waals surface area (Å²) >= 11 is 1.22. The SMILES string of the molecule is CCOC(=O)C1=C(c2ccccc2)N=c2s/c(=C\c3ccc(O)c(OCC)c3)c(=O)n2[C@@H]1c1cccc(OC)c1. The van der Waals surface area contributed by atoms with Crippen LogP contribution in [0.2, 0.25) is 0 Å². The second-order valence-corrected chi connectivity index (χ2v) is 9.88. The van der Waals surface area contributed by atoms with Crippen molar-refractivity contribution >= 4 is 29.1 Å². The fourth-order valence-electron chi connectivity index (χ4n) is 4.61. The molecule has 2 heterocycles. The highest BCUT2D eigenvalue weighted by Gasteiger charge is 2.35. The van der Waals surface area contributed by atoms with Crippen molar-refractivity contribution in [3.8, 4) is 17.2 Å². The Bertz CT molecular complexity index is 1770. The van der Waals surface area contributed by atoms with Gasteiger partial charge in [-0.2, -0.15) is 0 Å². The van der Waals surface area contributed by atoms with Gasteiger partial charge in [0, 0.05) is 5.56 Å². The molecule has 1 N–H and O–H groups in total. The minimum atomic E-state index is -0.804. The van der Waals surface area contributed by atoms with E-state index in [1.54, 1.807) is 38.3 Å². The van der Waals surface area contributed by atoms with Gasteiger partial charge in [0.1, 0.15) is 5.75 Å². The number of aromatic hydroxyl groups is 1. The molecule has 0 fully saturated rings. The first-order valence-electron chi connectivity index (χ1n) is 12.8. The molecule has 5 rings (SSSR count). The lowest BCUT2D eigenvalue weighted by Crippen LogP contribution is -2.40. The van der Waals surface area contributed by atoms with E-state index in [0.29, 0.717) is 44.3 Å². The molecule has 9 heteroatoms. The van der Waals surface area contributed by atoms with Crippen molar-refractivity contribution in [3.63, 3.8) is 0 Å². The molecule has 0 saturated carbocycles. The third-order valence-corrected chi connectivity index (χ3v) is 7.35.